The minimum atomic E-state index is -0.343. The number of hydrogen-bond donors (Lipinski definition) is 2. The number of fused-ring (bicyclic) bond motifs is 1. The molecule has 1 amide bonds. The lowest BCUT2D eigenvalue weighted by molar-refractivity contribution is 0.102. The van der Waals surface area contributed by atoms with Crippen molar-refractivity contribution in [1.82, 2.24) is 25.1 Å². The van der Waals surface area contributed by atoms with E-state index in [2.05, 4.69) is 36.4 Å². The maximum atomic E-state index is 13.5. The Bertz CT molecular complexity index is 1570. The number of H-pyrrole nitrogens is 1. The molecule has 7 nitrogen and oxygen atoms in total. The lowest BCUT2D eigenvalue weighted by Crippen LogP contribution is -2.18. The SMILES string of the molecule is O=C(Nc1ccc(-c2cccc(F)c2)nc1)c1n[nH]c2ccc(-c3cncc(CN4CCCC4)c3)cc12. The molecule has 2 aromatic carbocycles. The fourth-order valence-electron chi connectivity index (χ4n) is 4.77. The number of anilines is 1. The third kappa shape index (κ3) is 4.96. The quantitative estimate of drug-likeness (QED) is 0.319. The van der Waals surface area contributed by atoms with Gasteiger partial charge in [-0.05, 0) is 79.5 Å². The van der Waals surface area contributed by atoms with Crippen molar-refractivity contribution in [3.05, 3.63) is 96.3 Å². The van der Waals surface area contributed by atoms with Crippen molar-refractivity contribution in [3.8, 4) is 22.4 Å². The summed E-state index contributed by atoms with van der Waals surface area (Å²) in [4.78, 5) is 24.4. The van der Waals surface area contributed by atoms with E-state index in [1.165, 1.54) is 30.5 Å². The highest BCUT2D eigenvalue weighted by Crippen LogP contribution is 2.27. The highest BCUT2D eigenvalue weighted by Gasteiger charge is 2.17. The van der Waals surface area contributed by atoms with Crippen molar-refractivity contribution in [2.45, 2.75) is 19.4 Å². The van der Waals surface area contributed by atoms with E-state index in [0.29, 0.717) is 22.6 Å². The Morgan fingerprint density at radius 2 is 1.84 bits per heavy atom. The zero-order valence-corrected chi connectivity index (χ0v) is 20.1. The van der Waals surface area contributed by atoms with Gasteiger partial charge in [0.05, 0.1) is 23.1 Å². The fraction of sp³-hybridized carbons (Fsp3) is 0.172. The summed E-state index contributed by atoms with van der Waals surface area (Å²) in [5, 5.41) is 10.8. The number of rotatable bonds is 6. The zero-order chi connectivity index (χ0) is 25.2. The van der Waals surface area contributed by atoms with Gasteiger partial charge in [0.2, 0.25) is 0 Å². The van der Waals surface area contributed by atoms with Gasteiger partial charge in [-0.15, -0.1) is 0 Å². The molecule has 0 aliphatic carbocycles. The van der Waals surface area contributed by atoms with Crippen LogP contribution >= 0.6 is 0 Å². The van der Waals surface area contributed by atoms with E-state index in [4.69, 9.17) is 0 Å². The van der Waals surface area contributed by atoms with E-state index < -0.39 is 0 Å². The highest BCUT2D eigenvalue weighted by molar-refractivity contribution is 6.11. The molecule has 0 radical (unpaired) electrons. The Morgan fingerprint density at radius 1 is 0.946 bits per heavy atom. The average molecular weight is 493 g/mol. The van der Waals surface area contributed by atoms with Crippen LogP contribution in [0.25, 0.3) is 33.3 Å². The van der Waals surface area contributed by atoms with Gasteiger partial charge in [-0.2, -0.15) is 5.10 Å². The van der Waals surface area contributed by atoms with Crippen molar-refractivity contribution >= 4 is 22.5 Å². The fourth-order valence-corrected chi connectivity index (χ4v) is 4.77. The number of nitrogens with one attached hydrogen (secondary N) is 2. The Hall–Kier alpha value is -4.43. The van der Waals surface area contributed by atoms with Gasteiger partial charge in [0, 0.05) is 35.5 Å². The van der Waals surface area contributed by atoms with Gasteiger partial charge in [-0.3, -0.25) is 24.8 Å². The molecule has 8 heteroatoms. The summed E-state index contributed by atoms with van der Waals surface area (Å²) in [6.45, 7) is 3.16. The summed E-state index contributed by atoms with van der Waals surface area (Å²) < 4.78 is 13.5. The van der Waals surface area contributed by atoms with Gasteiger partial charge >= 0.3 is 0 Å². The van der Waals surface area contributed by atoms with Crippen LogP contribution in [-0.2, 0) is 6.54 Å². The van der Waals surface area contributed by atoms with Crippen LogP contribution in [0.3, 0.4) is 0 Å². The summed E-state index contributed by atoms with van der Waals surface area (Å²) in [5.74, 6) is -0.667. The van der Waals surface area contributed by atoms with E-state index in [1.807, 2.05) is 30.6 Å². The van der Waals surface area contributed by atoms with Crippen LogP contribution in [-0.4, -0.2) is 44.1 Å². The van der Waals surface area contributed by atoms with Gasteiger partial charge < -0.3 is 5.32 Å². The Balaban J connectivity index is 1.22. The normalized spacial score (nSPS) is 13.8. The van der Waals surface area contributed by atoms with Gasteiger partial charge in [0.1, 0.15) is 5.82 Å². The zero-order valence-electron chi connectivity index (χ0n) is 20.1. The number of carbonyl (C=O) groups excluding carboxylic acids is 1. The molecule has 184 valence electrons. The molecule has 37 heavy (non-hydrogen) atoms. The largest absolute Gasteiger partial charge is 0.319 e. The number of carbonyl (C=O) groups is 1. The maximum Gasteiger partial charge on any atom is 0.276 e. The van der Waals surface area contributed by atoms with Crippen LogP contribution in [0.15, 0.2) is 79.3 Å². The first-order valence-electron chi connectivity index (χ1n) is 12.3. The first-order chi connectivity index (χ1) is 18.1. The number of hydrogen-bond acceptors (Lipinski definition) is 5. The number of nitrogens with zero attached hydrogens (tertiary/aromatic N) is 4. The van der Waals surface area contributed by atoms with E-state index in [0.717, 1.165) is 41.7 Å². The van der Waals surface area contributed by atoms with E-state index in [9.17, 15) is 9.18 Å². The smallest absolute Gasteiger partial charge is 0.276 e. The second-order valence-corrected chi connectivity index (χ2v) is 9.29. The standard InChI is InChI=1S/C29H25FN6O/c30-23-5-3-4-21(13-23)26-9-7-24(17-32-26)33-29(37)28-25-14-20(6-8-27(25)34-35-28)22-12-19(15-31-16-22)18-36-10-1-2-11-36/h3-9,12-17H,1-2,10-11,18H2,(H,33,37)(H,34,35). The molecule has 0 atom stereocenters. The molecule has 1 aliphatic rings. The molecule has 0 unspecified atom stereocenters. The monoisotopic (exact) mass is 492 g/mol. The Labute approximate surface area is 213 Å². The molecule has 1 aliphatic heterocycles. The first kappa shape index (κ1) is 23.0. The summed E-state index contributed by atoms with van der Waals surface area (Å²) in [6.07, 6.45) is 7.82. The van der Waals surface area contributed by atoms with Crippen molar-refractivity contribution in [2.75, 3.05) is 18.4 Å². The van der Waals surface area contributed by atoms with Crippen LogP contribution in [0.1, 0.15) is 28.9 Å². The van der Waals surface area contributed by atoms with E-state index in [1.54, 1.807) is 30.5 Å². The Morgan fingerprint density at radius 3 is 2.65 bits per heavy atom. The van der Waals surface area contributed by atoms with Gasteiger partial charge in [-0.25, -0.2) is 4.39 Å². The molecule has 4 heterocycles. The topological polar surface area (TPSA) is 86.8 Å². The van der Waals surface area contributed by atoms with Crippen LogP contribution in [0.4, 0.5) is 10.1 Å². The second kappa shape index (κ2) is 9.91. The van der Waals surface area contributed by atoms with Crippen molar-refractivity contribution in [1.29, 1.82) is 0 Å². The van der Waals surface area contributed by atoms with Crippen LogP contribution < -0.4 is 5.32 Å². The number of amides is 1. The van der Waals surface area contributed by atoms with E-state index >= 15 is 0 Å². The molecule has 2 N–H and O–H groups in total. The average Bonchev–Trinajstić information content (AvgIpc) is 3.59. The minimum Gasteiger partial charge on any atom is -0.319 e. The molecule has 0 saturated carbocycles. The number of likely N-dealkylation sites (tertiary alicyclic amines) is 1. The van der Waals surface area contributed by atoms with Crippen LogP contribution in [0, 0.1) is 5.82 Å². The summed E-state index contributed by atoms with van der Waals surface area (Å²) in [7, 11) is 0. The second-order valence-electron chi connectivity index (χ2n) is 9.29. The number of aromatic amines is 1. The lowest BCUT2D eigenvalue weighted by Gasteiger charge is -2.14. The highest BCUT2D eigenvalue weighted by atomic mass is 19.1. The third-order valence-electron chi connectivity index (χ3n) is 6.65. The number of benzene rings is 2. The third-order valence-corrected chi connectivity index (χ3v) is 6.65. The summed E-state index contributed by atoms with van der Waals surface area (Å²) >= 11 is 0. The van der Waals surface area contributed by atoms with Gasteiger partial charge in [0.15, 0.2) is 5.69 Å². The van der Waals surface area contributed by atoms with Crippen LogP contribution in [0.2, 0.25) is 0 Å². The summed E-state index contributed by atoms with van der Waals surface area (Å²) in [6, 6.07) is 17.8. The van der Waals surface area contributed by atoms with Crippen molar-refractivity contribution in [3.63, 3.8) is 0 Å². The summed E-state index contributed by atoms with van der Waals surface area (Å²) in [5.41, 5.74) is 6.04. The molecule has 0 spiro atoms. The van der Waals surface area contributed by atoms with Crippen LogP contribution in [0.5, 0.6) is 0 Å². The van der Waals surface area contributed by atoms with Gasteiger partial charge in [0.25, 0.3) is 5.91 Å². The number of halogens is 1. The molecule has 0 bridgehead atoms. The van der Waals surface area contributed by atoms with Crippen molar-refractivity contribution < 1.29 is 9.18 Å². The first-order valence-corrected chi connectivity index (χ1v) is 12.3. The molecule has 3 aromatic heterocycles. The lowest BCUT2D eigenvalue weighted by atomic mass is 10.0. The molecule has 1 saturated heterocycles. The van der Waals surface area contributed by atoms with Crippen molar-refractivity contribution in [2.24, 2.45) is 0 Å². The number of pyridine rings is 2. The molecular formula is C29H25FN6O. The van der Waals surface area contributed by atoms with Gasteiger partial charge in [-0.1, -0.05) is 18.2 Å². The van der Waals surface area contributed by atoms with E-state index in [-0.39, 0.29) is 11.7 Å². The minimum absolute atomic E-state index is 0.298. The number of aromatic nitrogens is 4. The molecular weight excluding hydrogens is 467 g/mol. The molecule has 5 aromatic rings. The molecule has 6 rings (SSSR count). The Kier molecular flexibility index (Phi) is 6.16. The predicted octanol–water partition coefficient (Wildman–Crippen LogP) is 5.67. The predicted molar refractivity (Wildman–Crippen MR) is 141 cm³/mol. The molecule has 1 fully saturated rings. The maximum absolute atomic E-state index is 13.5.